The molecule has 1 saturated heterocycles. The average molecular weight is 264 g/mol. The number of carbonyl (C=O) groups is 1. The number of amides is 1. The van der Waals surface area contributed by atoms with Crippen LogP contribution in [-0.4, -0.2) is 47.8 Å². The molecule has 0 unspecified atom stereocenters. The molecule has 1 heterocycles. The lowest BCUT2D eigenvalue weighted by Gasteiger charge is -2.43. The molecular weight excluding hydrogens is 244 g/mol. The zero-order valence-electron chi connectivity index (χ0n) is 11.3. The van der Waals surface area contributed by atoms with Crippen LogP contribution in [0, 0.1) is 0 Å². The minimum atomic E-state index is -0.639. The number of hydrogen-bond donors (Lipinski definition) is 2. The van der Waals surface area contributed by atoms with E-state index in [9.17, 15) is 9.90 Å². The first-order chi connectivity index (χ1) is 8.98. The smallest absolute Gasteiger partial charge is 0.238 e. The zero-order chi connectivity index (χ0) is 13.9. The summed E-state index contributed by atoms with van der Waals surface area (Å²) in [6, 6.07) is 7.28. The summed E-state index contributed by atoms with van der Waals surface area (Å²) in [5.41, 5.74) is 0.111. The number of β-amino-alcohol motifs (C(OH)–C–C–N with tert-alkyl or cyclic N) is 1. The summed E-state index contributed by atoms with van der Waals surface area (Å²) in [6.07, 6.45) is 0. The molecule has 19 heavy (non-hydrogen) atoms. The summed E-state index contributed by atoms with van der Waals surface area (Å²) in [4.78, 5) is 13.7. The fraction of sp³-hybridized carbons (Fsp3) is 0.500. The van der Waals surface area contributed by atoms with Gasteiger partial charge in [-0.2, -0.15) is 0 Å². The van der Waals surface area contributed by atoms with Gasteiger partial charge in [0.25, 0.3) is 0 Å². The van der Waals surface area contributed by atoms with E-state index in [-0.39, 0.29) is 5.91 Å². The number of nitrogens with one attached hydrogen (secondary N) is 1. The van der Waals surface area contributed by atoms with Gasteiger partial charge in [-0.3, -0.25) is 9.69 Å². The maximum absolute atomic E-state index is 11.8. The summed E-state index contributed by atoms with van der Waals surface area (Å²) in [6.45, 7) is 5.73. The molecule has 1 amide bonds. The Bertz CT molecular complexity index is 435. The summed E-state index contributed by atoms with van der Waals surface area (Å²) in [7, 11) is 0. The van der Waals surface area contributed by atoms with Crippen LogP contribution in [0.2, 0.25) is 0 Å². The van der Waals surface area contributed by atoms with Gasteiger partial charge in [0.05, 0.1) is 18.8 Å². The number of rotatable bonds is 5. The first kappa shape index (κ1) is 13.8. The van der Waals surface area contributed by atoms with E-state index in [1.54, 1.807) is 6.92 Å². The fourth-order valence-electron chi connectivity index (χ4n) is 2.23. The van der Waals surface area contributed by atoms with Crippen LogP contribution in [0.4, 0.5) is 5.69 Å². The average Bonchev–Trinajstić information content (AvgIpc) is 2.29. The molecule has 1 aliphatic rings. The van der Waals surface area contributed by atoms with Crippen molar-refractivity contribution in [2.75, 3.05) is 31.6 Å². The summed E-state index contributed by atoms with van der Waals surface area (Å²) in [5.74, 6) is 0.721. The van der Waals surface area contributed by atoms with Crippen LogP contribution >= 0.6 is 0 Å². The van der Waals surface area contributed by atoms with Crippen molar-refractivity contribution in [1.29, 1.82) is 0 Å². The largest absolute Gasteiger partial charge is 0.494 e. The first-order valence-electron chi connectivity index (χ1n) is 6.46. The van der Waals surface area contributed by atoms with E-state index in [0.29, 0.717) is 26.2 Å². The molecule has 0 saturated carbocycles. The molecule has 0 radical (unpaired) electrons. The van der Waals surface area contributed by atoms with Crippen molar-refractivity contribution in [3.8, 4) is 5.75 Å². The number of aliphatic hydroxyl groups is 1. The highest BCUT2D eigenvalue weighted by Crippen LogP contribution is 2.19. The lowest BCUT2D eigenvalue weighted by atomic mass is 9.97. The lowest BCUT2D eigenvalue weighted by molar-refractivity contribution is -0.125. The van der Waals surface area contributed by atoms with Gasteiger partial charge in [0.2, 0.25) is 5.91 Å². The highest BCUT2D eigenvalue weighted by Gasteiger charge is 2.37. The Morgan fingerprint density at radius 2 is 2.05 bits per heavy atom. The molecule has 1 fully saturated rings. The van der Waals surface area contributed by atoms with Crippen molar-refractivity contribution < 1.29 is 14.6 Å². The lowest BCUT2D eigenvalue weighted by Crippen LogP contribution is -2.61. The minimum Gasteiger partial charge on any atom is -0.494 e. The number of anilines is 1. The van der Waals surface area contributed by atoms with Crippen LogP contribution in [0.25, 0.3) is 0 Å². The van der Waals surface area contributed by atoms with E-state index < -0.39 is 5.60 Å². The molecule has 1 aromatic carbocycles. The molecule has 0 atom stereocenters. The topological polar surface area (TPSA) is 61.8 Å². The molecule has 1 aromatic rings. The fourth-order valence-corrected chi connectivity index (χ4v) is 2.23. The van der Waals surface area contributed by atoms with Crippen LogP contribution in [-0.2, 0) is 4.79 Å². The quantitative estimate of drug-likeness (QED) is 0.835. The Balaban J connectivity index is 1.79. The minimum absolute atomic E-state index is 0.0698. The Labute approximate surface area is 113 Å². The third-order valence-electron chi connectivity index (χ3n) is 2.94. The summed E-state index contributed by atoms with van der Waals surface area (Å²) >= 11 is 0. The van der Waals surface area contributed by atoms with E-state index in [1.807, 2.05) is 36.1 Å². The Morgan fingerprint density at radius 1 is 1.42 bits per heavy atom. The van der Waals surface area contributed by atoms with Crippen LogP contribution in [0.1, 0.15) is 13.8 Å². The highest BCUT2D eigenvalue weighted by molar-refractivity contribution is 5.92. The normalized spacial score (nSPS) is 17.6. The third-order valence-corrected chi connectivity index (χ3v) is 2.94. The molecular formula is C14H20N2O3. The highest BCUT2D eigenvalue weighted by atomic mass is 16.5. The standard InChI is InChI=1S/C14H20N2O3/c1-3-19-12-6-4-11(5-7-12)15-13(17)8-16-9-14(2,18)10-16/h4-7,18H,3,8-10H2,1-2H3,(H,15,17). The molecule has 0 bridgehead atoms. The van der Waals surface area contributed by atoms with Gasteiger partial charge >= 0.3 is 0 Å². The van der Waals surface area contributed by atoms with E-state index in [1.165, 1.54) is 0 Å². The van der Waals surface area contributed by atoms with Gasteiger partial charge in [-0.25, -0.2) is 0 Å². The molecule has 1 aliphatic heterocycles. The monoisotopic (exact) mass is 264 g/mol. The number of likely N-dealkylation sites (tertiary alicyclic amines) is 1. The van der Waals surface area contributed by atoms with Crippen molar-refractivity contribution in [1.82, 2.24) is 4.90 Å². The van der Waals surface area contributed by atoms with E-state index in [0.717, 1.165) is 11.4 Å². The molecule has 0 aliphatic carbocycles. The number of ether oxygens (including phenoxy) is 1. The predicted octanol–water partition coefficient (Wildman–Crippen LogP) is 1.09. The van der Waals surface area contributed by atoms with Crippen molar-refractivity contribution in [2.45, 2.75) is 19.4 Å². The molecule has 0 spiro atoms. The number of nitrogens with zero attached hydrogens (tertiary/aromatic N) is 1. The molecule has 2 N–H and O–H groups in total. The van der Waals surface area contributed by atoms with Crippen LogP contribution < -0.4 is 10.1 Å². The second-order valence-corrected chi connectivity index (χ2v) is 5.15. The van der Waals surface area contributed by atoms with Crippen LogP contribution in [0.15, 0.2) is 24.3 Å². The maximum Gasteiger partial charge on any atom is 0.238 e. The van der Waals surface area contributed by atoms with Gasteiger partial charge in [0, 0.05) is 18.8 Å². The van der Waals surface area contributed by atoms with Crippen molar-refractivity contribution in [3.05, 3.63) is 24.3 Å². The Hall–Kier alpha value is -1.59. The van der Waals surface area contributed by atoms with Crippen molar-refractivity contribution in [2.24, 2.45) is 0 Å². The van der Waals surface area contributed by atoms with E-state index in [4.69, 9.17) is 4.74 Å². The zero-order valence-corrected chi connectivity index (χ0v) is 11.3. The van der Waals surface area contributed by atoms with Gasteiger partial charge in [0.15, 0.2) is 0 Å². The Kier molecular flexibility index (Phi) is 4.07. The van der Waals surface area contributed by atoms with Crippen molar-refractivity contribution >= 4 is 11.6 Å². The SMILES string of the molecule is CCOc1ccc(NC(=O)CN2CC(C)(O)C2)cc1. The van der Waals surface area contributed by atoms with Gasteiger partial charge in [0.1, 0.15) is 5.75 Å². The van der Waals surface area contributed by atoms with Gasteiger partial charge in [-0.15, -0.1) is 0 Å². The second-order valence-electron chi connectivity index (χ2n) is 5.15. The van der Waals surface area contributed by atoms with E-state index >= 15 is 0 Å². The molecule has 0 aromatic heterocycles. The molecule has 5 heteroatoms. The third kappa shape index (κ3) is 3.94. The van der Waals surface area contributed by atoms with E-state index in [2.05, 4.69) is 5.32 Å². The number of benzene rings is 1. The van der Waals surface area contributed by atoms with Crippen LogP contribution in [0.3, 0.4) is 0 Å². The van der Waals surface area contributed by atoms with Gasteiger partial charge in [-0.1, -0.05) is 0 Å². The molecule has 2 rings (SSSR count). The van der Waals surface area contributed by atoms with Crippen LogP contribution in [0.5, 0.6) is 5.75 Å². The second kappa shape index (κ2) is 5.59. The van der Waals surface area contributed by atoms with Crippen molar-refractivity contribution in [3.63, 3.8) is 0 Å². The maximum atomic E-state index is 11.8. The van der Waals surface area contributed by atoms with Gasteiger partial charge in [-0.05, 0) is 38.1 Å². The molecule has 104 valence electrons. The Morgan fingerprint density at radius 3 is 2.58 bits per heavy atom. The molecule has 5 nitrogen and oxygen atoms in total. The number of hydrogen-bond acceptors (Lipinski definition) is 4. The number of carbonyl (C=O) groups excluding carboxylic acids is 1. The first-order valence-corrected chi connectivity index (χ1v) is 6.46. The summed E-state index contributed by atoms with van der Waals surface area (Å²) in [5, 5.41) is 12.4. The van der Waals surface area contributed by atoms with Gasteiger partial charge < -0.3 is 15.2 Å². The summed E-state index contributed by atoms with van der Waals surface area (Å²) < 4.78 is 5.33. The predicted molar refractivity (Wildman–Crippen MR) is 73.3 cm³/mol.